The van der Waals surface area contributed by atoms with E-state index < -0.39 is 0 Å². The lowest BCUT2D eigenvalue weighted by molar-refractivity contribution is -0.140. The van der Waals surface area contributed by atoms with Crippen molar-refractivity contribution in [2.75, 3.05) is 23.4 Å². The van der Waals surface area contributed by atoms with Crippen molar-refractivity contribution in [1.82, 2.24) is 0 Å². The van der Waals surface area contributed by atoms with Crippen LogP contribution in [0.25, 0.3) is 0 Å². The SMILES string of the molecule is CCN1C(=O)COc2ccc(NC(=O)C34CC5CC(CC(C5)C3)C4)cc21. The Balaban J connectivity index is 1.39. The summed E-state index contributed by atoms with van der Waals surface area (Å²) in [6.07, 6.45) is 7.15. The molecule has 0 spiro atoms. The highest BCUT2D eigenvalue weighted by Gasteiger charge is 2.54. The van der Waals surface area contributed by atoms with Crippen LogP contribution in [0, 0.1) is 23.2 Å². The summed E-state index contributed by atoms with van der Waals surface area (Å²) in [4.78, 5) is 27.0. The highest BCUT2D eigenvalue weighted by Crippen LogP contribution is 2.60. The number of rotatable bonds is 3. The lowest BCUT2D eigenvalue weighted by Gasteiger charge is -2.55. The van der Waals surface area contributed by atoms with Gasteiger partial charge in [-0.05, 0) is 81.4 Å². The maximum absolute atomic E-state index is 13.2. The number of anilines is 2. The number of amides is 2. The standard InChI is InChI=1S/C21H26N2O3/c1-2-23-17-8-16(3-4-18(17)26-12-19(23)24)22-20(25)21-9-13-5-14(10-21)7-15(6-13)11-21/h3-4,8,13-15H,2,5-7,9-12H2,1H3,(H,22,25). The van der Waals surface area contributed by atoms with Crippen molar-refractivity contribution >= 4 is 23.2 Å². The van der Waals surface area contributed by atoms with E-state index in [1.165, 1.54) is 19.3 Å². The average molecular weight is 354 g/mol. The zero-order valence-electron chi connectivity index (χ0n) is 15.3. The van der Waals surface area contributed by atoms with Crippen molar-refractivity contribution in [2.24, 2.45) is 23.2 Å². The van der Waals surface area contributed by atoms with Gasteiger partial charge < -0.3 is 15.0 Å². The normalized spacial score (nSPS) is 34.4. The van der Waals surface area contributed by atoms with Crippen LogP contribution in [-0.2, 0) is 9.59 Å². The zero-order chi connectivity index (χ0) is 17.9. The van der Waals surface area contributed by atoms with Gasteiger partial charge in [0.1, 0.15) is 5.75 Å². The first-order chi connectivity index (χ1) is 12.6. The number of benzene rings is 1. The van der Waals surface area contributed by atoms with Crippen LogP contribution >= 0.6 is 0 Å². The maximum atomic E-state index is 13.2. The molecule has 0 saturated heterocycles. The van der Waals surface area contributed by atoms with Gasteiger partial charge >= 0.3 is 0 Å². The summed E-state index contributed by atoms with van der Waals surface area (Å²) in [6, 6.07) is 5.63. The first kappa shape index (κ1) is 16.2. The van der Waals surface area contributed by atoms with Crippen LogP contribution in [0.4, 0.5) is 11.4 Å². The van der Waals surface area contributed by atoms with E-state index in [0.29, 0.717) is 12.3 Å². The number of carbonyl (C=O) groups excluding carboxylic acids is 2. The Morgan fingerprint density at radius 3 is 2.46 bits per heavy atom. The van der Waals surface area contributed by atoms with Crippen molar-refractivity contribution in [2.45, 2.75) is 45.4 Å². The van der Waals surface area contributed by atoms with Crippen LogP contribution in [0.1, 0.15) is 45.4 Å². The van der Waals surface area contributed by atoms with Crippen LogP contribution in [0.3, 0.4) is 0 Å². The Hall–Kier alpha value is -2.04. The molecule has 4 bridgehead atoms. The molecule has 0 aromatic heterocycles. The van der Waals surface area contributed by atoms with Crippen molar-refractivity contribution in [3.05, 3.63) is 18.2 Å². The summed E-state index contributed by atoms with van der Waals surface area (Å²) in [7, 11) is 0. The molecule has 0 radical (unpaired) electrons. The molecule has 4 aliphatic carbocycles. The smallest absolute Gasteiger partial charge is 0.265 e. The van der Waals surface area contributed by atoms with Gasteiger partial charge in [-0.3, -0.25) is 9.59 Å². The molecule has 5 nitrogen and oxygen atoms in total. The van der Waals surface area contributed by atoms with Gasteiger partial charge in [0.2, 0.25) is 5.91 Å². The quantitative estimate of drug-likeness (QED) is 0.902. The molecule has 26 heavy (non-hydrogen) atoms. The topological polar surface area (TPSA) is 58.6 Å². The Morgan fingerprint density at radius 1 is 1.19 bits per heavy atom. The number of fused-ring (bicyclic) bond motifs is 1. The molecule has 1 heterocycles. The van der Waals surface area contributed by atoms with Gasteiger partial charge in [-0.25, -0.2) is 0 Å². The van der Waals surface area contributed by atoms with Gasteiger partial charge in [-0.1, -0.05) is 0 Å². The lowest BCUT2D eigenvalue weighted by Crippen LogP contribution is -2.51. The highest BCUT2D eigenvalue weighted by atomic mass is 16.5. The second kappa shape index (κ2) is 5.73. The van der Waals surface area contributed by atoms with Gasteiger partial charge in [0.05, 0.1) is 11.1 Å². The fraction of sp³-hybridized carbons (Fsp3) is 0.619. The fourth-order valence-corrected chi connectivity index (χ4v) is 6.28. The van der Waals surface area contributed by atoms with Crippen molar-refractivity contribution in [1.29, 1.82) is 0 Å². The van der Waals surface area contributed by atoms with E-state index in [1.807, 2.05) is 25.1 Å². The molecule has 5 heteroatoms. The molecular formula is C21H26N2O3. The van der Waals surface area contributed by atoms with Gasteiger partial charge in [0.25, 0.3) is 5.91 Å². The largest absolute Gasteiger partial charge is 0.482 e. The van der Waals surface area contributed by atoms with Crippen LogP contribution in [0.5, 0.6) is 5.75 Å². The molecule has 1 N–H and O–H groups in total. The van der Waals surface area contributed by atoms with Crippen LogP contribution in [0.2, 0.25) is 0 Å². The zero-order valence-corrected chi connectivity index (χ0v) is 15.3. The number of nitrogens with one attached hydrogen (secondary N) is 1. The summed E-state index contributed by atoms with van der Waals surface area (Å²) < 4.78 is 5.52. The number of carbonyl (C=O) groups is 2. The van der Waals surface area contributed by atoms with E-state index in [9.17, 15) is 9.59 Å². The van der Waals surface area contributed by atoms with E-state index in [0.717, 1.165) is 48.4 Å². The summed E-state index contributed by atoms with van der Waals surface area (Å²) in [5.41, 5.74) is 1.36. The molecule has 0 unspecified atom stereocenters. The third-order valence-corrected chi connectivity index (χ3v) is 7.00. The Bertz CT molecular complexity index is 737. The molecule has 138 valence electrons. The molecule has 6 rings (SSSR count). The Kier molecular flexibility index (Phi) is 3.56. The summed E-state index contributed by atoms with van der Waals surface area (Å²) in [6.45, 7) is 2.63. The minimum atomic E-state index is -0.165. The minimum absolute atomic E-state index is 0.0374. The summed E-state index contributed by atoms with van der Waals surface area (Å²) in [5.74, 6) is 3.10. The van der Waals surface area contributed by atoms with Crippen molar-refractivity contribution in [3.63, 3.8) is 0 Å². The van der Waals surface area contributed by atoms with Gasteiger partial charge in [0, 0.05) is 12.2 Å². The second-order valence-corrected chi connectivity index (χ2v) is 8.76. The van der Waals surface area contributed by atoms with Gasteiger partial charge in [-0.2, -0.15) is 0 Å². The number of likely N-dealkylation sites (N-methyl/N-ethyl adjacent to an activating group) is 1. The predicted octanol–water partition coefficient (Wildman–Crippen LogP) is 3.59. The summed E-state index contributed by atoms with van der Waals surface area (Å²) >= 11 is 0. The molecule has 1 aromatic carbocycles. The van der Waals surface area contributed by atoms with E-state index in [1.54, 1.807) is 4.90 Å². The van der Waals surface area contributed by atoms with Crippen molar-refractivity contribution < 1.29 is 14.3 Å². The maximum Gasteiger partial charge on any atom is 0.265 e. The molecule has 4 fully saturated rings. The molecule has 1 aliphatic heterocycles. The Labute approximate surface area is 154 Å². The van der Waals surface area contributed by atoms with Gasteiger partial charge in [-0.15, -0.1) is 0 Å². The number of hydrogen-bond acceptors (Lipinski definition) is 3. The fourth-order valence-electron chi connectivity index (χ4n) is 6.28. The van der Waals surface area contributed by atoms with E-state index in [-0.39, 0.29) is 23.8 Å². The van der Waals surface area contributed by atoms with E-state index >= 15 is 0 Å². The number of ether oxygens (including phenoxy) is 1. The third kappa shape index (κ3) is 2.43. The monoisotopic (exact) mass is 354 g/mol. The minimum Gasteiger partial charge on any atom is -0.482 e. The second-order valence-electron chi connectivity index (χ2n) is 8.76. The molecule has 0 atom stereocenters. The molecule has 1 aromatic rings. The average Bonchev–Trinajstić information content (AvgIpc) is 2.60. The number of hydrogen-bond donors (Lipinski definition) is 1. The first-order valence-corrected chi connectivity index (χ1v) is 9.95. The molecule has 2 amide bonds. The van der Waals surface area contributed by atoms with Crippen LogP contribution in [0.15, 0.2) is 18.2 Å². The lowest BCUT2D eigenvalue weighted by atomic mass is 9.49. The summed E-state index contributed by atoms with van der Waals surface area (Å²) in [5, 5.41) is 3.18. The molecule has 4 saturated carbocycles. The van der Waals surface area contributed by atoms with Crippen LogP contribution in [-0.4, -0.2) is 25.0 Å². The van der Waals surface area contributed by atoms with E-state index in [4.69, 9.17) is 4.74 Å². The van der Waals surface area contributed by atoms with E-state index in [2.05, 4.69) is 5.32 Å². The predicted molar refractivity (Wildman–Crippen MR) is 99.2 cm³/mol. The highest BCUT2D eigenvalue weighted by molar-refractivity contribution is 6.00. The Morgan fingerprint density at radius 2 is 1.85 bits per heavy atom. The van der Waals surface area contributed by atoms with Crippen LogP contribution < -0.4 is 15.0 Å². The number of nitrogens with zero attached hydrogens (tertiary/aromatic N) is 1. The van der Waals surface area contributed by atoms with Gasteiger partial charge in [0.15, 0.2) is 6.61 Å². The molecular weight excluding hydrogens is 328 g/mol. The van der Waals surface area contributed by atoms with Crippen molar-refractivity contribution in [3.8, 4) is 5.75 Å². The first-order valence-electron chi connectivity index (χ1n) is 9.95. The third-order valence-electron chi connectivity index (χ3n) is 7.00. The molecule has 5 aliphatic rings.